The summed E-state index contributed by atoms with van der Waals surface area (Å²) in [5.41, 5.74) is 7.28. The number of benzene rings is 1. The second kappa shape index (κ2) is 9.17. The van der Waals surface area contributed by atoms with Gasteiger partial charge >= 0.3 is 5.97 Å². The number of aryl methyl sites for hydroxylation is 3. The molecular formula is C27H27N3O3S2. The number of hydrogen-bond donors (Lipinski definition) is 2. The van der Waals surface area contributed by atoms with Gasteiger partial charge in [-0.1, -0.05) is 12.1 Å². The maximum Gasteiger partial charge on any atom is 0.339 e. The number of aromatic carboxylic acids is 1. The van der Waals surface area contributed by atoms with Gasteiger partial charge in [-0.15, -0.1) is 11.3 Å². The molecule has 180 valence electrons. The van der Waals surface area contributed by atoms with Crippen LogP contribution in [0, 0.1) is 27.7 Å². The number of thioether (sulfide) groups is 1. The molecular weight excluding hydrogens is 478 g/mol. The second-order valence-corrected chi connectivity index (χ2v) is 11.2. The average Bonchev–Trinajstić information content (AvgIpc) is 3.44. The van der Waals surface area contributed by atoms with Crippen LogP contribution in [-0.4, -0.2) is 26.7 Å². The SMILES string of the molecule is Cc1cccc(N=C2NC(=O)/C(=C/c3cc(C)n(-c4sc5c(c4C(=O)O)CCCC5)c3C)S2)c1C. The number of rotatable bonds is 4. The van der Waals surface area contributed by atoms with Gasteiger partial charge in [0.1, 0.15) is 5.00 Å². The van der Waals surface area contributed by atoms with Gasteiger partial charge in [-0.2, -0.15) is 0 Å². The van der Waals surface area contributed by atoms with E-state index in [-0.39, 0.29) is 5.91 Å². The normalized spacial score (nSPS) is 17.8. The molecule has 8 heteroatoms. The summed E-state index contributed by atoms with van der Waals surface area (Å²) in [5.74, 6) is -1.05. The quantitative estimate of drug-likeness (QED) is 0.411. The molecule has 0 bridgehead atoms. The summed E-state index contributed by atoms with van der Waals surface area (Å²) < 4.78 is 2.03. The van der Waals surface area contributed by atoms with Gasteiger partial charge < -0.3 is 15.0 Å². The number of fused-ring (bicyclic) bond motifs is 1. The molecule has 3 aromatic rings. The molecule has 1 aromatic carbocycles. The lowest BCUT2D eigenvalue weighted by Crippen LogP contribution is -2.19. The Labute approximate surface area is 212 Å². The Kier molecular flexibility index (Phi) is 6.19. The van der Waals surface area contributed by atoms with E-state index in [1.165, 1.54) is 16.6 Å². The summed E-state index contributed by atoms with van der Waals surface area (Å²) in [6.45, 7) is 8.02. The van der Waals surface area contributed by atoms with Crippen LogP contribution in [0.5, 0.6) is 0 Å². The van der Waals surface area contributed by atoms with Gasteiger partial charge in [0.05, 0.1) is 16.2 Å². The molecule has 0 saturated carbocycles. The van der Waals surface area contributed by atoms with Gasteiger partial charge in [0.25, 0.3) is 5.91 Å². The van der Waals surface area contributed by atoms with Crippen LogP contribution >= 0.6 is 23.1 Å². The molecule has 0 radical (unpaired) electrons. The number of carbonyl (C=O) groups excluding carboxylic acids is 1. The number of hydrogen-bond acceptors (Lipinski definition) is 5. The average molecular weight is 506 g/mol. The van der Waals surface area contributed by atoms with Crippen molar-refractivity contribution in [2.75, 3.05) is 0 Å². The summed E-state index contributed by atoms with van der Waals surface area (Å²) in [6.07, 6.45) is 5.77. The third-order valence-corrected chi connectivity index (χ3v) is 8.96. The lowest BCUT2D eigenvalue weighted by molar-refractivity contribution is -0.115. The highest BCUT2D eigenvalue weighted by Crippen LogP contribution is 2.39. The first kappa shape index (κ1) is 23.6. The van der Waals surface area contributed by atoms with Crippen molar-refractivity contribution in [3.8, 4) is 5.00 Å². The van der Waals surface area contributed by atoms with E-state index in [2.05, 4.69) is 10.3 Å². The number of aromatic nitrogens is 1. The molecule has 2 aliphatic rings. The van der Waals surface area contributed by atoms with E-state index < -0.39 is 5.97 Å². The van der Waals surface area contributed by atoms with Crippen molar-refractivity contribution in [1.29, 1.82) is 0 Å². The Hall–Kier alpha value is -3.10. The molecule has 6 nitrogen and oxygen atoms in total. The number of nitrogens with zero attached hydrogens (tertiary/aromatic N) is 2. The summed E-state index contributed by atoms with van der Waals surface area (Å²) >= 11 is 2.91. The van der Waals surface area contributed by atoms with Gasteiger partial charge in [0.15, 0.2) is 5.17 Å². The fourth-order valence-corrected chi connectivity index (χ4v) is 7.08. The van der Waals surface area contributed by atoms with Crippen molar-refractivity contribution in [3.63, 3.8) is 0 Å². The number of carboxylic acids is 1. The van der Waals surface area contributed by atoms with Crippen LogP contribution in [0.2, 0.25) is 0 Å². The van der Waals surface area contributed by atoms with Gasteiger partial charge in [-0.3, -0.25) is 4.79 Å². The summed E-state index contributed by atoms with van der Waals surface area (Å²) in [6, 6.07) is 7.96. The number of carboxylic acid groups (broad SMARTS) is 1. The van der Waals surface area contributed by atoms with E-state index in [1.807, 2.05) is 62.6 Å². The van der Waals surface area contributed by atoms with E-state index in [0.29, 0.717) is 15.6 Å². The van der Waals surface area contributed by atoms with Gasteiger partial charge in [0, 0.05) is 16.3 Å². The highest BCUT2D eigenvalue weighted by atomic mass is 32.2. The van der Waals surface area contributed by atoms with Crippen LogP contribution in [-0.2, 0) is 17.6 Å². The minimum Gasteiger partial charge on any atom is -0.478 e. The Bertz CT molecular complexity index is 1440. The first-order chi connectivity index (χ1) is 16.7. The van der Waals surface area contributed by atoms with E-state index in [9.17, 15) is 14.7 Å². The zero-order chi connectivity index (χ0) is 24.9. The van der Waals surface area contributed by atoms with Crippen LogP contribution in [0.4, 0.5) is 5.69 Å². The molecule has 2 N–H and O–H groups in total. The summed E-state index contributed by atoms with van der Waals surface area (Å²) in [5, 5.41) is 14.2. The fraction of sp³-hybridized carbons (Fsp3) is 0.296. The topological polar surface area (TPSA) is 83.7 Å². The largest absolute Gasteiger partial charge is 0.478 e. The summed E-state index contributed by atoms with van der Waals surface area (Å²) in [7, 11) is 0. The van der Waals surface area contributed by atoms with Crippen molar-refractivity contribution in [2.45, 2.75) is 53.4 Å². The van der Waals surface area contributed by atoms with Crippen molar-refractivity contribution in [2.24, 2.45) is 4.99 Å². The molecule has 3 heterocycles. The lowest BCUT2D eigenvalue weighted by atomic mass is 9.95. The molecule has 0 atom stereocenters. The number of carbonyl (C=O) groups is 2. The maximum absolute atomic E-state index is 12.7. The van der Waals surface area contributed by atoms with Crippen molar-refractivity contribution in [3.05, 3.63) is 73.3 Å². The standard InChI is InChI=1S/C27H27N3O3S2/c1-14-8-7-10-20(16(14)3)28-27-29-24(31)22(35-27)13-18-12-15(2)30(17(18)4)25-23(26(32)33)19-9-5-6-11-21(19)34-25/h7-8,10,12-13H,5-6,9,11H2,1-4H3,(H,32,33)(H,28,29,31)/b22-13-. The predicted molar refractivity (Wildman–Crippen MR) is 143 cm³/mol. The van der Waals surface area contributed by atoms with Crippen molar-refractivity contribution >= 4 is 51.9 Å². The highest BCUT2D eigenvalue weighted by Gasteiger charge is 2.29. The first-order valence-electron chi connectivity index (χ1n) is 11.7. The van der Waals surface area contributed by atoms with E-state index in [1.54, 1.807) is 11.3 Å². The zero-order valence-corrected chi connectivity index (χ0v) is 21.8. The number of amides is 1. The van der Waals surface area contributed by atoms with Gasteiger partial charge in [-0.05, 0) is 106 Å². The third-order valence-electron chi connectivity index (χ3n) is 6.78. The Morgan fingerprint density at radius 1 is 1.17 bits per heavy atom. The van der Waals surface area contributed by atoms with Crippen LogP contribution in [0.15, 0.2) is 34.2 Å². The Balaban J connectivity index is 1.51. The van der Waals surface area contributed by atoms with Crippen LogP contribution in [0.25, 0.3) is 11.1 Å². The number of nitrogens with one attached hydrogen (secondary N) is 1. The van der Waals surface area contributed by atoms with Crippen LogP contribution in [0.3, 0.4) is 0 Å². The molecule has 0 unspecified atom stereocenters. The number of aliphatic imine (C=N–C) groups is 1. The molecule has 35 heavy (non-hydrogen) atoms. The van der Waals surface area contributed by atoms with Gasteiger partial charge in [-0.25, -0.2) is 9.79 Å². The first-order valence-corrected chi connectivity index (χ1v) is 13.3. The molecule has 0 spiro atoms. The monoisotopic (exact) mass is 505 g/mol. The second-order valence-electron chi connectivity index (χ2n) is 9.06. The minimum absolute atomic E-state index is 0.179. The Morgan fingerprint density at radius 2 is 1.94 bits per heavy atom. The molecule has 5 rings (SSSR count). The van der Waals surface area contributed by atoms with E-state index in [4.69, 9.17) is 0 Å². The Morgan fingerprint density at radius 3 is 2.71 bits per heavy atom. The fourth-order valence-electron chi connectivity index (χ4n) is 4.76. The smallest absolute Gasteiger partial charge is 0.339 e. The molecule has 1 saturated heterocycles. The zero-order valence-electron chi connectivity index (χ0n) is 20.2. The molecule has 1 fully saturated rings. The minimum atomic E-state index is -0.871. The number of amidine groups is 1. The van der Waals surface area contributed by atoms with Crippen molar-refractivity contribution < 1.29 is 14.7 Å². The molecule has 1 aliphatic carbocycles. The third kappa shape index (κ3) is 4.25. The highest BCUT2D eigenvalue weighted by molar-refractivity contribution is 8.18. The van der Waals surface area contributed by atoms with Gasteiger partial charge in [0.2, 0.25) is 0 Å². The number of thiophene rings is 1. The summed E-state index contributed by atoms with van der Waals surface area (Å²) in [4.78, 5) is 31.4. The van der Waals surface area contributed by atoms with Crippen LogP contribution < -0.4 is 5.32 Å². The maximum atomic E-state index is 12.7. The molecule has 2 aromatic heterocycles. The van der Waals surface area contributed by atoms with E-state index in [0.717, 1.165) is 70.0 Å². The lowest BCUT2D eigenvalue weighted by Gasteiger charge is -2.11. The van der Waals surface area contributed by atoms with E-state index >= 15 is 0 Å². The molecule has 1 aliphatic heterocycles. The molecule has 1 amide bonds. The predicted octanol–water partition coefficient (Wildman–Crippen LogP) is 6.24. The van der Waals surface area contributed by atoms with Crippen molar-refractivity contribution in [1.82, 2.24) is 9.88 Å². The van der Waals surface area contributed by atoms with Crippen LogP contribution in [0.1, 0.15) is 61.7 Å².